The van der Waals surface area contributed by atoms with Gasteiger partial charge in [0.15, 0.2) is 5.82 Å². The lowest BCUT2D eigenvalue weighted by Gasteiger charge is -2.33. The molecule has 2 aromatic carbocycles. The maximum Gasteiger partial charge on any atom is 0.159 e. The fraction of sp³-hybridized carbons (Fsp3) is 0.304. The third-order valence-corrected chi connectivity index (χ3v) is 5.22. The Balaban J connectivity index is 1.37. The fourth-order valence-electron chi connectivity index (χ4n) is 3.76. The summed E-state index contributed by atoms with van der Waals surface area (Å²) in [4.78, 5) is 11.6. The highest BCUT2D eigenvalue weighted by Crippen LogP contribution is 2.20. The Morgan fingerprint density at radius 2 is 1.82 bits per heavy atom. The van der Waals surface area contributed by atoms with E-state index >= 15 is 0 Å². The van der Waals surface area contributed by atoms with E-state index in [1.165, 1.54) is 17.7 Å². The molecular formula is C23H25FN4. The standard InChI is InChI=1S/C23H25FN4/c1-17-5-2-3-7-22(17)23-25-13-18(14-26-23)15-28-12-4-6-21(16-28)27-20-10-8-19(24)9-11-20/h2-3,5,7-11,13-14,21,27H,4,6,12,15-16H2,1H3/t21-/m1/s1. The van der Waals surface area contributed by atoms with Crippen LogP contribution in [0.4, 0.5) is 10.1 Å². The van der Waals surface area contributed by atoms with Gasteiger partial charge in [0.25, 0.3) is 0 Å². The van der Waals surface area contributed by atoms with Gasteiger partial charge in [-0.1, -0.05) is 24.3 Å². The first kappa shape index (κ1) is 18.6. The smallest absolute Gasteiger partial charge is 0.159 e. The van der Waals surface area contributed by atoms with Crippen LogP contribution in [0.15, 0.2) is 60.9 Å². The van der Waals surface area contributed by atoms with Crippen molar-refractivity contribution in [2.24, 2.45) is 0 Å². The number of hydrogen-bond acceptors (Lipinski definition) is 4. The summed E-state index contributed by atoms with van der Waals surface area (Å²) < 4.78 is 13.1. The van der Waals surface area contributed by atoms with Gasteiger partial charge in [-0.05, 0) is 56.1 Å². The zero-order valence-corrected chi connectivity index (χ0v) is 16.1. The van der Waals surface area contributed by atoms with Crippen LogP contribution in [-0.4, -0.2) is 34.0 Å². The molecule has 1 aliphatic rings. The molecule has 5 heteroatoms. The molecule has 0 radical (unpaired) electrons. The lowest BCUT2D eigenvalue weighted by atomic mass is 10.0. The molecule has 1 aromatic heterocycles. The van der Waals surface area contributed by atoms with E-state index in [2.05, 4.69) is 39.2 Å². The molecule has 28 heavy (non-hydrogen) atoms. The van der Waals surface area contributed by atoms with Crippen LogP contribution in [0.5, 0.6) is 0 Å². The molecule has 0 saturated carbocycles. The van der Waals surface area contributed by atoms with Crippen LogP contribution in [-0.2, 0) is 6.54 Å². The zero-order valence-electron chi connectivity index (χ0n) is 16.1. The van der Waals surface area contributed by atoms with E-state index < -0.39 is 0 Å². The normalized spacial score (nSPS) is 17.4. The first-order valence-electron chi connectivity index (χ1n) is 9.79. The van der Waals surface area contributed by atoms with E-state index in [1.54, 1.807) is 12.1 Å². The van der Waals surface area contributed by atoms with Crippen molar-refractivity contribution in [2.75, 3.05) is 18.4 Å². The van der Waals surface area contributed by atoms with Crippen LogP contribution in [0.25, 0.3) is 11.4 Å². The average Bonchev–Trinajstić information content (AvgIpc) is 2.71. The topological polar surface area (TPSA) is 41.1 Å². The number of piperidine rings is 1. The minimum atomic E-state index is -0.204. The van der Waals surface area contributed by atoms with Crippen molar-refractivity contribution in [3.05, 3.63) is 77.9 Å². The van der Waals surface area contributed by atoms with Crippen molar-refractivity contribution in [2.45, 2.75) is 32.4 Å². The highest BCUT2D eigenvalue weighted by molar-refractivity contribution is 5.59. The number of anilines is 1. The second kappa shape index (κ2) is 8.48. The quantitative estimate of drug-likeness (QED) is 0.703. The van der Waals surface area contributed by atoms with Crippen LogP contribution in [0, 0.1) is 12.7 Å². The van der Waals surface area contributed by atoms with Crippen molar-refractivity contribution in [1.82, 2.24) is 14.9 Å². The van der Waals surface area contributed by atoms with Crippen molar-refractivity contribution < 1.29 is 4.39 Å². The van der Waals surface area contributed by atoms with Gasteiger partial charge in [-0.15, -0.1) is 0 Å². The third kappa shape index (κ3) is 4.54. The summed E-state index contributed by atoms with van der Waals surface area (Å²) in [5.74, 6) is 0.571. The Bertz CT molecular complexity index is 909. The van der Waals surface area contributed by atoms with Gasteiger partial charge in [0.1, 0.15) is 5.82 Å². The first-order chi connectivity index (χ1) is 13.7. The van der Waals surface area contributed by atoms with Gasteiger partial charge in [-0.2, -0.15) is 0 Å². The molecule has 3 aromatic rings. The van der Waals surface area contributed by atoms with Crippen molar-refractivity contribution in [1.29, 1.82) is 0 Å². The minimum Gasteiger partial charge on any atom is -0.381 e. The van der Waals surface area contributed by atoms with Crippen molar-refractivity contribution in [3.8, 4) is 11.4 Å². The highest BCUT2D eigenvalue weighted by Gasteiger charge is 2.20. The Labute approximate surface area is 165 Å². The molecular weight excluding hydrogens is 351 g/mol. The number of nitrogens with one attached hydrogen (secondary N) is 1. The SMILES string of the molecule is Cc1ccccc1-c1ncc(CN2CCC[C@@H](Nc3ccc(F)cc3)C2)cn1. The second-order valence-corrected chi connectivity index (χ2v) is 7.46. The molecule has 144 valence electrons. The molecule has 4 rings (SSSR count). The van der Waals surface area contributed by atoms with E-state index in [4.69, 9.17) is 0 Å². The number of hydrogen-bond donors (Lipinski definition) is 1. The molecule has 1 aliphatic heterocycles. The molecule has 4 nitrogen and oxygen atoms in total. The summed E-state index contributed by atoms with van der Waals surface area (Å²) in [5.41, 5.74) is 4.36. The molecule has 1 atom stereocenters. The molecule has 0 amide bonds. The van der Waals surface area contributed by atoms with Crippen molar-refractivity contribution in [3.63, 3.8) is 0 Å². The van der Waals surface area contributed by atoms with Crippen LogP contribution >= 0.6 is 0 Å². The van der Waals surface area contributed by atoms with E-state index in [1.807, 2.05) is 24.5 Å². The van der Waals surface area contributed by atoms with Gasteiger partial charge in [-0.3, -0.25) is 4.90 Å². The number of aryl methyl sites for hydroxylation is 1. The maximum absolute atomic E-state index is 13.1. The average molecular weight is 376 g/mol. The van der Waals surface area contributed by atoms with Crippen LogP contribution in [0.2, 0.25) is 0 Å². The predicted molar refractivity (Wildman–Crippen MR) is 111 cm³/mol. The van der Waals surface area contributed by atoms with E-state index in [-0.39, 0.29) is 5.82 Å². The molecule has 0 aliphatic carbocycles. The molecule has 2 heterocycles. The number of aromatic nitrogens is 2. The lowest BCUT2D eigenvalue weighted by molar-refractivity contribution is 0.208. The molecule has 1 saturated heterocycles. The Morgan fingerprint density at radius 3 is 2.57 bits per heavy atom. The van der Waals surface area contributed by atoms with Crippen molar-refractivity contribution >= 4 is 5.69 Å². The lowest BCUT2D eigenvalue weighted by Crippen LogP contribution is -2.41. The first-order valence-corrected chi connectivity index (χ1v) is 9.79. The molecule has 1 N–H and O–H groups in total. The van der Waals surface area contributed by atoms with Crippen LogP contribution < -0.4 is 5.32 Å². The fourth-order valence-corrected chi connectivity index (χ4v) is 3.76. The van der Waals surface area contributed by atoms with Gasteiger partial charge in [0.2, 0.25) is 0 Å². The summed E-state index contributed by atoms with van der Waals surface area (Å²) in [6, 6.07) is 15.1. The second-order valence-electron chi connectivity index (χ2n) is 7.46. The monoisotopic (exact) mass is 376 g/mol. The van der Waals surface area contributed by atoms with Gasteiger partial charge in [0.05, 0.1) is 0 Å². The van der Waals surface area contributed by atoms with E-state index in [9.17, 15) is 4.39 Å². The van der Waals surface area contributed by atoms with Gasteiger partial charge < -0.3 is 5.32 Å². The summed E-state index contributed by atoms with van der Waals surface area (Å²) in [6.07, 6.45) is 6.13. The van der Waals surface area contributed by atoms with Crippen LogP contribution in [0.3, 0.4) is 0 Å². The molecule has 0 unspecified atom stereocenters. The van der Waals surface area contributed by atoms with Gasteiger partial charge in [0, 0.05) is 48.3 Å². The van der Waals surface area contributed by atoms with Gasteiger partial charge in [-0.25, -0.2) is 14.4 Å². The Hall–Kier alpha value is -2.79. The van der Waals surface area contributed by atoms with Gasteiger partial charge >= 0.3 is 0 Å². The number of benzene rings is 2. The maximum atomic E-state index is 13.1. The summed E-state index contributed by atoms with van der Waals surface area (Å²) >= 11 is 0. The minimum absolute atomic E-state index is 0.204. The number of nitrogens with zero attached hydrogens (tertiary/aromatic N) is 3. The molecule has 1 fully saturated rings. The highest BCUT2D eigenvalue weighted by atomic mass is 19.1. The number of halogens is 1. The zero-order chi connectivity index (χ0) is 19.3. The number of likely N-dealkylation sites (tertiary alicyclic amines) is 1. The van der Waals surface area contributed by atoms with E-state index in [0.29, 0.717) is 6.04 Å². The Kier molecular flexibility index (Phi) is 5.63. The predicted octanol–water partition coefficient (Wildman–Crippen LogP) is 4.67. The third-order valence-electron chi connectivity index (χ3n) is 5.22. The molecule has 0 spiro atoms. The number of rotatable bonds is 5. The molecule has 0 bridgehead atoms. The largest absolute Gasteiger partial charge is 0.381 e. The summed E-state index contributed by atoms with van der Waals surface area (Å²) in [5, 5.41) is 3.52. The summed E-state index contributed by atoms with van der Waals surface area (Å²) in [6.45, 7) is 4.95. The van der Waals surface area contributed by atoms with Crippen LogP contribution in [0.1, 0.15) is 24.0 Å². The van der Waals surface area contributed by atoms with E-state index in [0.717, 1.165) is 55.1 Å². The summed E-state index contributed by atoms with van der Waals surface area (Å²) in [7, 11) is 0. The Morgan fingerprint density at radius 1 is 1.07 bits per heavy atom.